The number of rotatable bonds is 3. The second-order valence-electron chi connectivity index (χ2n) is 3.49. The van der Waals surface area contributed by atoms with Crippen LogP contribution in [0.15, 0.2) is 17.8 Å². The summed E-state index contributed by atoms with van der Waals surface area (Å²) in [5, 5.41) is 4.23. The normalized spacial score (nSPS) is 12.5. The largest absolute Gasteiger partial charge is 0.327 e. The summed E-state index contributed by atoms with van der Waals surface area (Å²) in [7, 11) is 0. The maximum Gasteiger partial charge on any atom is 0.0612 e. The Morgan fingerprint density at radius 1 is 1.69 bits per heavy atom. The van der Waals surface area contributed by atoms with E-state index >= 15 is 0 Å². The standard InChI is InChI=1S/C10H17N3/c1-8(2)13-10(4-5-12-13)6-9(3)7-11/h4-6,8H,7,11H2,1-3H3/b9-6-. The molecule has 0 aromatic carbocycles. The quantitative estimate of drug-likeness (QED) is 0.769. The molecule has 0 fully saturated rings. The van der Waals surface area contributed by atoms with Crippen molar-refractivity contribution in [3.05, 3.63) is 23.5 Å². The van der Waals surface area contributed by atoms with Crippen molar-refractivity contribution in [1.82, 2.24) is 9.78 Å². The van der Waals surface area contributed by atoms with Gasteiger partial charge in [-0.2, -0.15) is 5.10 Å². The average Bonchev–Trinajstić information content (AvgIpc) is 2.52. The lowest BCUT2D eigenvalue weighted by molar-refractivity contribution is 0.528. The molecule has 0 spiro atoms. The van der Waals surface area contributed by atoms with Gasteiger partial charge in [0.25, 0.3) is 0 Å². The molecule has 3 heteroatoms. The van der Waals surface area contributed by atoms with Crippen molar-refractivity contribution in [3.8, 4) is 0 Å². The molecule has 0 radical (unpaired) electrons. The zero-order chi connectivity index (χ0) is 9.84. The van der Waals surface area contributed by atoms with Crippen LogP contribution in [0, 0.1) is 0 Å². The molecule has 1 aromatic rings. The molecule has 0 aliphatic carbocycles. The smallest absolute Gasteiger partial charge is 0.0612 e. The third kappa shape index (κ3) is 2.42. The first-order chi connectivity index (χ1) is 6.15. The van der Waals surface area contributed by atoms with E-state index in [2.05, 4.69) is 25.0 Å². The molecule has 0 saturated heterocycles. The van der Waals surface area contributed by atoms with Gasteiger partial charge in [-0.05, 0) is 32.9 Å². The Morgan fingerprint density at radius 2 is 2.38 bits per heavy atom. The Labute approximate surface area is 79.2 Å². The molecule has 0 atom stereocenters. The van der Waals surface area contributed by atoms with E-state index in [1.165, 1.54) is 5.57 Å². The third-order valence-corrected chi connectivity index (χ3v) is 1.91. The molecule has 0 amide bonds. The first kappa shape index (κ1) is 9.99. The molecule has 3 nitrogen and oxygen atoms in total. The Bertz CT molecular complexity index is 297. The monoisotopic (exact) mass is 179 g/mol. The topological polar surface area (TPSA) is 43.8 Å². The molecular formula is C10H17N3. The van der Waals surface area contributed by atoms with Gasteiger partial charge in [-0.1, -0.05) is 5.57 Å². The van der Waals surface area contributed by atoms with Gasteiger partial charge < -0.3 is 5.73 Å². The highest BCUT2D eigenvalue weighted by Crippen LogP contribution is 2.11. The van der Waals surface area contributed by atoms with Gasteiger partial charge in [-0.15, -0.1) is 0 Å². The molecule has 0 bridgehead atoms. The van der Waals surface area contributed by atoms with E-state index in [1.807, 2.05) is 23.9 Å². The summed E-state index contributed by atoms with van der Waals surface area (Å²) in [5.41, 5.74) is 7.81. The fourth-order valence-electron chi connectivity index (χ4n) is 1.18. The Hall–Kier alpha value is -1.09. The summed E-state index contributed by atoms with van der Waals surface area (Å²) in [6, 6.07) is 2.39. The highest BCUT2D eigenvalue weighted by molar-refractivity contribution is 5.48. The second kappa shape index (κ2) is 4.23. The van der Waals surface area contributed by atoms with Crippen LogP contribution >= 0.6 is 0 Å². The summed E-state index contributed by atoms with van der Waals surface area (Å²) in [6.07, 6.45) is 3.89. The van der Waals surface area contributed by atoms with E-state index in [-0.39, 0.29) is 0 Å². The first-order valence-corrected chi connectivity index (χ1v) is 4.56. The zero-order valence-electron chi connectivity index (χ0n) is 8.49. The van der Waals surface area contributed by atoms with Crippen molar-refractivity contribution in [2.24, 2.45) is 5.73 Å². The van der Waals surface area contributed by atoms with Crippen molar-refractivity contribution in [2.45, 2.75) is 26.8 Å². The second-order valence-corrected chi connectivity index (χ2v) is 3.49. The molecule has 1 rings (SSSR count). The summed E-state index contributed by atoms with van der Waals surface area (Å²) < 4.78 is 1.99. The van der Waals surface area contributed by atoms with Gasteiger partial charge in [0.2, 0.25) is 0 Å². The number of nitrogens with two attached hydrogens (primary N) is 1. The molecule has 1 aromatic heterocycles. The maximum atomic E-state index is 5.52. The van der Waals surface area contributed by atoms with Gasteiger partial charge in [-0.25, -0.2) is 0 Å². The Balaban J connectivity index is 2.94. The van der Waals surface area contributed by atoms with Crippen LogP contribution in [0.2, 0.25) is 0 Å². The molecule has 1 heterocycles. The van der Waals surface area contributed by atoms with Gasteiger partial charge in [0.05, 0.1) is 5.69 Å². The number of hydrogen-bond acceptors (Lipinski definition) is 2. The van der Waals surface area contributed by atoms with Crippen molar-refractivity contribution in [2.75, 3.05) is 6.54 Å². The van der Waals surface area contributed by atoms with E-state index in [9.17, 15) is 0 Å². The van der Waals surface area contributed by atoms with E-state index < -0.39 is 0 Å². The molecule has 0 aliphatic rings. The van der Waals surface area contributed by atoms with Crippen molar-refractivity contribution >= 4 is 6.08 Å². The third-order valence-electron chi connectivity index (χ3n) is 1.91. The van der Waals surface area contributed by atoms with Crippen molar-refractivity contribution in [3.63, 3.8) is 0 Å². The van der Waals surface area contributed by atoms with Crippen LogP contribution in [-0.2, 0) is 0 Å². The highest BCUT2D eigenvalue weighted by Gasteiger charge is 2.02. The molecule has 0 unspecified atom stereocenters. The predicted molar refractivity (Wildman–Crippen MR) is 55.3 cm³/mol. The van der Waals surface area contributed by atoms with E-state index in [1.54, 1.807) is 0 Å². The van der Waals surface area contributed by atoms with Crippen LogP contribution in [0.25, 0.3) is 6.08 Å². The molecule has 2 N–H and O–H groups in total. The highest BCUT2D eigenvalue weighted by atomic mass is 15.3. The average molecular weight is 179 g/mol. The van der Waals surface area contributed by atoms with Crippen molar-refractivity contribution < 1.29 is 0 Å². The summed E-state index contributed by atoms with van der Waals surface area (Å²) >= 11 is 0. The Kier molecular flexibility index (Phi) is 3.25. The predicted octanol–water partition coefficient (Wildman–Crippen LogP) is 1.83. The maximum absolute atomic E-state index is 5.52. The van der Waals surface area contributed by atoms with Crippen LogP contribution in [0.1, 0.15) is 32.5 Å². The van der Waals surface area contributed by atoms with Gasteiger partial charge in [-0.3, -0.25) is 4.68 Å². The van der Waals surface area contributed by atoms with Crippen molar-refractivity contribution in [1.29, 1.82) is 0 Å². The van der Waals surface area contributed by atoms with E-state index in [4.69, 9.17) is 5.73 Å². The fraction of sp³-hybridized carbons (Fsp3) is 0.500. The minimum absolute atomic E-state index is 0.395. The molecule has 0 aliphatic heterocycles. The number of nitrogens with zero attached hydrogens (tertiary/aromatic N) is 2. The SMILES string of the molecule is C/C(=C/c1ccnn1C(C)C)CN. The lowest BCUT2D eigenvalue weighted by Crippen LogP contribution is -2.06. The van der Waals surface area contributed by atoms with E-state index in [0.717, 1.165) is 5.69 Å². The van der Waals surface area contributed by atoms with Crippen LogP contribution < -0.4 is 5.73 Å². The fourth-order valence-corrected chi connectivity index (χ4v) is 1.18. The van der Waals surface area contributed by atoms with Gasteiger partial charge >= 0.3 is 0 Å². The van der Waals surface area contributed by atoms with Gasteiger partial charge in [0.15, 0.2) is 0 Å². The first-order valence-electron chi connectivity index (χ1n) is 4.56. The van der Waals surface area contributed by atoms with Crippen LogP contribution in [0.4, 0.5) is 0 Å². The molecule has 0 saturated carbocycles. The summed E-state index contributed by atoms with van der Waals surface area (Å²) in [6.45, 7) is 6.85. The van der Waals surface area contributed by atoms with E-state index in [0.29, 0.717) is 12.6 Å². The lowest BCUT2D eigenvalue weighted by Gasteiger charge is -2.08. The zero-order valence-corrected chi connectivity index (χ0v) is 8.49. The Morgan fingerprint density at radius 3 is 2.92 bits per heavy atom. The van der Waals surface area contributed by atoms with Gasteiger partial charge in [0.1, 0.15) is 0 Å². The van der Waals surface area contributed by atoms with Crippen LogP contribution in [-0.4, -0.2) is 16.3 Å². The molecule has 13 heavy (non-hydrogen) atoms. The summed E-state index contributed by atoms with van der Waals surface area (Å²) in [5.74, 6) is 0. The van der Waals surface area contributed by atoms with Crippen LogP contribution in [0.5, 0.6) is 0 Å². The number of hydrogen-bond donors (Lipinski definition) is 1. The molecular weight excluding hydrogens is 162 g/mol. The molecule has 72 valence electrons. The van der Waals surface area contributed by atoms with Gasteiger partial charge in [0, 0.05) is 18.8 Å². The van der Waals surface area contributed by atoms with Crippen LogP contribution in [0.3, 0.4) is 0 Å². The minimum atomic E-state index is 0.395. The number of aromatic nitrogens is 2. The lowest BCUT2D eigenvalue weighted by atomic mass is 10.2. The summed E-state index contributed by atoms with van der Waals surface area (Å²) in [4.78, 5) is 0. The minimum Gasteiger partial charge on any atom is -0.327 e.